The molecule has 0 fully saturated rings. The van der Waals surface area contributed by atoms with Crippen LogP contribution in [0.1, 0.15) is 30.4 Å². The summed E-state index contributed by atoms with van der Waals surface area (Å²) < 4.78 is 4.80. The number of nitrogens with one attached hydrogen (secondary N) is 1. The number of aromatic amines is 1. The normalized spacial score (nSPS) is 15.9. The van der Waals surface area contributed by atoms with E-state index >= 15 is 0 Å². The van der Waals surface area contributed by atoms with Crippen LogP contribution in [0.2, 0.25) is 0 Å². The average Bonchev–Trinajstić information content (AvgIpc) is 3.46. The molecule has 0 amide bonds. The van der Waals surface area contributed by atoms with Gasteiger partial charge in [-0.15, -0.1) is 0 Å². The van der Waals surface area contributed by atoms with Crippen LogP contribution in [-0.4, -0.2) is 16.9 Å². The summed E-state index contributed by atoms with van der Waals surface area (Å²) in [6, 6.07) is 28.4. The first-order valence-electron chi connectivity index (χ1n) is 13.3. The smallest absolute Gasteiger partial charge is 0.106 e. The Hall–Kier alpha value is -3.30. The summed E-state index contributed by atoms with van der Waals surface area (Å²) in [4.78, 5) is 3.12. The second-order valence-electron chi connectivity index (χ2n) is 9.68. The summed E-state index contributed by atoms with van der Waals surface area (Å²) in [5.74, 6) is 0.878. The minimum atomic E-state index is 0.733. The minimum absolute atomic E-state index is 0.733. The van der Waals surface area contributed by atoms with Crippen LogP contribution >= 0.6 is 15.9 Å². The van der Waals surface area contributed by atoms with E-state index in [4.69, 9.17) is 4.74 Å². The molecule has 1 aromatic heterocycles. The number of alkyl halides is 1. The van der Waals surface area contributed by atoms with Crippen molar-refractivity contribution < 1.29 is 4.74 Å². The van der Waals surface area contributed by atoms with Crippen molar-refractivity contribution in [1.29, 1.82) is 0 Å². The lowest BCUT2D eigenvalue weighted by molar-refractivity contribution is 0.286. The number of halogens is 1. The zero-order valence-electron chi connectivity index (χ0n) is 21.2. The second kappa shape index (κ2) is 12.8. The van der Waals surface area contributed by atoms with Gasteiger partial charge in [-0.05, 0) is 100 Å². The topological polar surface area (TPSA) is 25.0 Å². The van der Waals surface area contributed by atoms with Gasteiger partial charge in [0, 0.05) is 17.0 Å². The standard InChI is InChI=1S/C21H21Br.C8H7N.C5H6O/c22-13-3-4-15-7-10-19-17(14-15)9-12-20-18-6-2-1-5-16(18)8-11-21(19)20;1-2-4-8-7(3-1)5-6-9-8;1-2-4-6-5-3-1/h1-2,5-6,8-9,11-12,15H,3-4,7,10,13-14H2;1-6,9H;1-4H,5H2. The molecular weight excluding hydrogens is 518 g/mol. The molecule has 4 aromatic carbocycles. The lowest BCUT2D eigenvalue weighted by Crippen LogP contribution is -2.14. The number of allylic oxidation sites excluding steroid dienone is 2. The largest absolute Gasteiger partial charge is 0.497 e. The molecule has 1 N–H and O–H groups in total. The molecule has 2 nitrogen and oxygen atoms in total. The number of hydrogen-bond donors (Lipinski definition) is 1. The van der Waals surface area contributed by atoms with Crippen molar-refractivity contribution in [3.63, 3.8) is 0 Å². The van der Waals surface area contributed by atoms with Gasteiger partial charge in [-0.2, -0.15) is 0 Å². The fourth-order valence-corrected chi connectivity index (χ4v) is 5.72. The van der Waals surface area contributed by atoms with Crippen molar-refractivity contribution in [2.45, 2.75) is 32.1 Å². The lowest BCUT2D eigenvalue weighted by Gasteiger charge is -2.26. The van der Waals surface area contributed by atoms with Crippen molar-refractivity contribution in [3.05, 3.63) is 121 Å². The number of benzene rings is 4. The van der Waals surface area contributed by atoms with Crippen LogP contribution in [0.15, 0.2) is 110 Å². The van der Waals surface area contributed by atoms with Crippen molar-refractivity contribution in [3.8, 4) is 0 Å². The number of para-hydroxylation sites is 1. The van der Waals surface area contributed by atoms with E-state index in [1.54, 1.807) is 17.4 Å². The molecule has 7 rings (SSSR count). The predicted octanol–water partition coefficient (Wildman–Crippen LogP) is 9.53. The van der Waals surface area contributed by atoms with E-state index in [1.807, 2.05) is 36.6 Å². The van der Waals surface area contributed by atoms with Gasteiger partial charge in [0.05, 0.1) is 6.26 Å². The number of H-pyrrole nitrogens is 1. The molecule has 188 valence electrons. The molecule has 0 radical (unpaired) electrons. The zero-order chi connectivity index (χ0) is 25.3. The van der Waals surface area contributed by atoms with Crippen LogP contribution in [0.25, 0.3) is 32.4 Å². The minimum Gasteiger partial charge on any atom is -0.497 e. The highest BCUT2D eigenvalue weighted by Crippen LogP contribution is 2.36. The highest BCUT2D eigenvalue weighted by molar-refractivity contribution is 9.09. The molecule has 1 aliphatic heterocycles. The molecule has 37 heavy (non-hydrogen) atoms. The first kappa shape index (κ1) is 25.4. The molecule has 0 spiro atoms. The van der Waals surface area contributed by atoms with E-state index in [-0.39, 0.29) is 0 Å². The molecule has 0 bridgehead atoms. The number of rotatable bonds is 3. The van der Waals surface area contributed by atoms with E-state index in [0.29, 0.717) is 0 Å². The Balaban J connectivity index is 0.000000152. The molecule has 0 saturated carbocycles. The quantitative estimate of drug-likeness (QED) is 0.175. The van der Waals surface area contributed by atoms with Gasteiger partial charge in [0.25, 0.3) is 0 Å². The molecule has 0 saturated heterocycles. The van der Waals surface area contributed by atoms with Crippen molar-refractivity contribution in [2.24, 2.45) is 5.92 Å². The van der Waals surface area contributed by atoms with E-state index in [1.165, 1.54) is 64.6 Å². The van der Waals surface area contributed by atoms with Gasteiger partial charge < -0.3 is 9.72 Å². The maximum Gasteiger partial charge on any atom is 0.106 e. The van der Waals surface area contributed by atoms with Gasteiger partial charge in [-0.3, -0.25) is 0 Å². The Morgan fingerprint density at radius 2 is 1.65 bits per heavy atom. The summed E-state index contributed by atoms with van der Waals surface area (Å²) in [7, 11) is 0. The summed E-state index contributed by atoms with van der Waals surface area (Å²) >= 11 is 3.56. The molecule has 2 aliphatic rings. The number of fused-ring (bicyclic) bond motifs is 6. The van der Waals surface area contributed by atoms with Crippen LogP contribution in [0.3, 0.4) is 0 Å². The lowest BCUT2D eigenvalue weighted by atomic mass is 9.79. The monoisotopic (exact) mass is 551 g/mol. The molecule has 1 unspecified atom stereocenters. The SMILES string of the molecule is BrCCCC1CCc2c(ccc3c2ccc2ccccc23)C1.C1=CCOC=C1.c1ccc2[nH]ccc2c1. The molecule has 1 aliphatic carbocycles. The number of hydrogen-bond acceptors (Lipinski definition) is 1. The molecule has 3 heteroatoms. The van der Waals surface area contributed by atoms with Crippen LogP contribution in [-0.2, 0) is 17.6 Å². The summed E-state index contributed by atoms with van der Waals surface area (Å²) in [6.45, 7) is 0.733. The summed E-state index contributed by atoms with van der Waals surface area (Å²) in [5.41, 5.74) is 4.41. The first-order valence-corrected chi connectivity index (χ1v) is 14.4. The number of aromatic nitrogens is 1. The zero-order valence-corrected chi connectivity index (χ0v) is 22.8. The molecule has 1 atom stereocenters. The summed E-state index contributed by atoms with van der Waals surface area (Å²) in [6.07, 6.45) is 15.9. The highest BCUT2D eigenvalue weighted by Gasteiger charge is 2.20. The van der Waals surface area contributed by atoms with Gasteiger partial charge >= 0.3 is 0 Å². The van der Waals surface area contributed by atoms with Crippen LogP contribution in [0.5, 0.6) is 0 Å². The van der Waals surface area contributed by atoms with Gasteiger partial charge in [0.15, 0.2) is 0 Å². The fourth-order valence-electron chi connectivity index (χ4n) is 5.40. The van der Waals surface area contributed by atoms with Gasteiger partial charge in [-0.1, -0.05) is 88.7 Å². The molecule has 5 aromatic rings. The summed E-state index contributed by atoms with van der Waals surface area (Å²) in [5, 5.41) is 8.06. The molecular formula is C34H34BrNO. The Labute approximate surface area is 228 Å². The van der Waals surface area contributed by atoms with E-state index in [0.717, 1.165) is 17.9 Å². The fraction of sp³-hybridized carbons (Fsp3) is 0.235. The third kappa shape index (κ3) is 6.34. The van der Waals surface area contributed by atoms with Crippen molar-refractivity contribution >= 4 is 48.4 Å². The van der Waals surface area contributed by atoms with Crippen LogP contribution < -0.4 is 0 Å². The molecule has 2 heterocycles. The Morgan fingerprint density at radius 1 is 0.811 bits per heavy atom. The van der Waals surface area contributed by atoms with Gasteiger partial charge in [0.1, 0.15) is 6.61 Å². The first-order chi connectivity index (χ1) is 18.3. The Bertz CT molecular complexity index is 1470. The number of ether oxygens (including phenoxy) is 1. The number of aryl methyl sites for hydroxylation is 1. The Morgan fingerprint density at radius 3 is 2.41 bits per heavy atom. The van der Waals surface area contributed by atoms with Gasteiger partial charge in [-0.25, -0.2) is 0 Å². The Kier molecular flexibility index (Phi) is 8.76. The van der Waals surface area contributed by atoms with E-state index in [2.05, 4.69) is 87.6 Å². The van der Waals surface area contributed by atoms with E-state index < -0.39 is 0 Å². The van der Waals surface area contributed by atoms with Crippen LogP contribution in [0.4, 0.5) is 0 Å². The third-order valence-electron chi connectivity index (χ3n) is 7.27. The van der Waals surface area contributed by atoms with Gasteiger partial charge in [0.2, 0.25) is 0 Å². The maximum atomic E-state index is 4.80. The van der Waals surface area contributed by atoms with Crippen molar-refractivity contribution in [1.82, 2.24) is 4.98 Å². The maximum absolute atomic E-state index is 4.80. The van der Waals surface area contributed by atoms with E-state index in [9.17, 15) is 0 Å². The second-order valence-corrected chi connectivity index (χ2v) is 10.5. The third-order valence-corrected chi connectivity index (χ3v) is 7.83. The predicted molar refractivity (Wildman–Crippen MR) is 163 cm³/mol. The van der Waals surface area contributed by atoms with Crippen LogP contribution in [0, 0.1) is 5.92 Å². The highest BCUT2D eigenvalue weighted by atomic mass is 79.9. The average molecular weight is 553 g/mol. The van der Waals surface area contributed by atoms with Crippen molar-refractivity contribution in [2.75, 3.05) is 11.9 Å².